The van der Waals surface area contributed by atoms with E-state index in [-0.39, 0.29) is 12.6 Å². The number of anilines is 1. The number of benzene rings is 1. The molecule has 0 fully saturated rings. The average Bonchev–Trinajstić information content (AvgIpc) is 2.46. The van der Waals surface area contributed by atoms with Gasteiger partial charge in [-0.25, -0.2) is 9.97 Å². The van der Waals surface area contributed by atoms with Gasteiger partial charge in [-0.05, 0) is 30.3 Å². The summed E-state index contributed by atoms with van der Waals surface area (Å²) in [4.78, 5) is 8.09. The first kappa shape index (κ1) is 12.3. The molecule has 0 aliphatic rings. The molecule has 0 radical (unpaired) electrons. The molecular formula is C13H9N5O. The summed E-state index contributed by atoms with van der Waals surface area (Å²) in [5.41, 5.74) is 1.56. The molecule has 0 aliphatic carbocycles. The van der Waals surface area contributed by atoms with Crippen LogP contribution in [0.25, 0.3) is 11.3 Å². The number of aromatic nitrogens is 2. The van der Waals surface area contributed by atoms with E-state index in [1.54, 1.807) is 30.6 Å². The van der Waals surface area contributed by atoms with Gasteiger partial charge in [0.05, 0.1) is 5.69 Å². The molecule has 2 rings (SSSR count). The van der Waals surface area contributed by atoms with Gasteiger partial charge < -0.3 is 4.74 Å². The van der Waals surface area contributed by atoms with Gasteiger partial charge in [0.25, 0.3) is 0 Å². The summed E-state index contributed by atoms with van der Waals surface area (Å²) in [6.45, 7) is 0.0170. The molecule has 6 heteroatoms. The molecule has 0 aliphatic heterocycles. The minimum absolute atomic E-state index is 0.0170. The largest absolute Gasteiger partial charge is 0.479 e. The lowest BCUT2D eigenvalue weighted by Crippen LogP contribution is -1.96. The highest BCUT2D eigenvalue weighted by atomic mass is 16.5. The van der Waals surface area contributed by atoms with Crippen LogP contribution in [0.15, 0.2) is 36.5 Å². The molecule has 0 saturated carbocycles. The highest BCUT2D eigenvalue weighted by molar-refractivity contribution is 5.61. The summed E-state index contributed by atoms with van der Waals surface area (Å²) in [6.07, 6.45) is 3.34. The zero-order valence-corrected chi connectivity index (χ0v) is 9.87. The highest BCUT2D eigenvalue weighted by Gasteiger charge is 2.02. The van der Waals surface area contributed by atoms with Crippen LogP contribution in [0.3, 0.4) is 0 Å². The fraction of sp³-hybridized carbons (Fsp3) is 0.0769. The zero-order valence-electron chi connectivity index (χ0n) is 9.87. The van der Waals surface area contributed by atoms with Crippen molar-refractivity contribution in [3.8, 4) is 29.3 Å². The molecule has 1 heterocycles. The van der Waals surface area contributed by atoms with E-state index >= 15 is 0 Å². The normalized spacial score (nSPS) is 9.16. The summed E-state index contributed by atoms with van der Waals surface area (Å²) < 4.78 is 5.16. The fourth-order valence-electron chi connectivity index (χ4n) is 1.47. The Morgan fingerprint density at radius 1 is 1.16 bits per heavy atom. The summed E-state index contributed by atoms with van der Waals surface area (Å²) >= 11 is 0. The van der Waals surface area contributed by atoms with Crippen LogP contribution in [0.2, 0.25) is 0 Å². The molecular weight excluding hydrogens is 242 g/mol. The van der Waals surface area contributed by atoms with E-state index in [0.717, 1.165) is 5.56 Å². The van der Waals surface area contributed by atoms with Crippen LogP contribution >= 0.6 is 0 Å². The number of ether oxygens (including phenoxy) is 1. The standard InChI is InChI=1S/C13H9N5O/c14-6-8-19-11-3-1-10(2-4-11)12-5-7-16-13(18-12)17-9-15/h1-5,7H,8H2,(H,16,17,18). The van der Waals surface area contributed by atoms with Gasteiger partial charge in [-0.15, -0.1) is 0 Å². The number of nitrogens with zero attached hydrogens (tertiary/aromatic N) is 4. The van der Waals surface area contributed by atoms with Crippen molar-refractivity contribution in [2.75, 3.05) is 11.9 Å². The third-order valence-electron chi connectivity index (χ3n) is 2.28. The topological polar surface area (TPSA) is 94.6 Å². The lowest BCUT2D eigenvalue weighted by atomic mass is 10.1. The summed E-state index contributed by atoms with van der Waals surface area (Å²) in [6, 6.07) is 10.8. The van der Waals surface area contributed by atoms with Gasteiger partial charge in [0.15, 0.2) is 12.8 Å². The van der Waals surface area contributed by atoms with Crippen molar-refractivity contribution in [2.45, 2.75) is 0 Å². The molecule has 0 spiro atoms. The van der Waals surface area contributed by atoms with Crippen molar-refractivity contribution < 1.29 is 4.74 Å². The number of nitriles is 2. The van der Waals surface area contributed by atoms with Crippen molar-refractivity contribution in [2.24, 2.45) is 0 Å². The predicted molar refractivity (Wildman–Crippen MR) is 67.8 cm³/mol. The Balaban J connectivity index is 2.20. The van der Waals surface area contributed by atoms with Gasteiger partial charge in [-0.1, -0.05) is 0 Å². The van der Waals surface area contributed by atoms with Crippen LogP contribution in [-0.4, -0.2) is 16.6 Å². The maximum Gasteiger partial charge on any atom is 0.236 e. The van der Waals surface area contributed by atoms with Gasteiger partial charge in [-0.3, -0.25) is 5.32 Å². The highest BCUT2D eigenvalue weighted by Crippen LogP contribution is 2.21. The van der Waals surface area contributed by atoms with E-state index in [1.807, 2.05) is 18.2 Å². The summed E-state index contributed by atoms with van der Waals surface area (Å²) in [5.74, 6) is 0.875. The van der Waals surface area contributed by atoms with Crippen molar-refractivity contribution in [3.05, 3.63) is 36.5 Å². The third kappa shape index (κ3) is 3.18. The van der Waals surface area contributed by atoms with Crippen LogP contribution in [0.5, 0.6) is 5.75 Å². The maximum absolute atomic E-state index is 8.52. The Morgan fingerprint density at radius 3 is 2.63 bits per heavy atom. The van der Waals surface area contributed by atoms with E-state index in [4.69, 9.17) is 15.3 Å². The second kappa shape index (κ2) is 5.99. The van der Waals surface area contributed by atoms with Gasteiger partial charge >= 0.3 is 0 Å². The van der Waals surface area contributed by atoms with Crippen molar-refractivity contribution in [3.63, 3.8) is 0 Å². The first-order valence-corrected chi connectivity index (χ1v) is 5.42. The van der Waals surface area contributed by atoms with Crippen molar-refractivity contribution in [1.29, 1.82) is 10.5 Å². The van der Waals surface area contributed by atoms with Gasteiger partial charge in [0.1, 0.15) is 11.8 Å². The molecule has 0 atom stereocenters. The minimum Gasteiger partial charge on any atom is -0.479 e. The molecule has 0 amide bonds. The van der Waals surface area contributed by atoms with Gasteiger partial charge in [0, 0.05) is 11.8 Å². The second-order valence-electron chi connectivity index (χ2n) is 3.47. The average molecular weight is 251 g/mol. The molecule has 2 aromatic rings. The van der Waals surface area contributed by atoms with Crippen LogP contribution in [0.4, 0.5) is 5.95 Å². The number of rotatable bonds is 4. The summed E-state index contributed by atoms with van der Waals surface area (Å²) in [7, 11) is 0. The SMILES string of the molecule is N#CCOc1ccc(-c2ccnc(NC#N)n2)cc1. The van der Waals surface area contributed by atoms with E-state index in [9.17, 15) is 0 Å². The molecule has 0 saturated heterocycles. The molecule has 1 N–H and O–H groups in total. The Hall–Kier alpha value is -3.12. The molecule has 1 aromatic carbocycles. The van der Waals surface area contributed by atoms with Gasteiger partial charge in [0.2, 0.25) is 5.95 Å². The van der Waals surface area contributed by atoms with Gasteiger partial charge in [-0.2, -0.15) is 10.5 Å². The molecule has 0 unspecified atom stereocenters. The van der Waals surface area contributed by atoms with E-state index in [2.05, 4.69) is 15.3 Å². The quantitative estimate of drug-likeness (QED) is 0.659. The Bertz CT molecular complexity index is 639. The smallest absolute Gasteiger partial charge is 0.236 e. The van der Waals surface area contributed by atoms with Crippen LogP contribution in [0, 0.1) is 22.8 Å². The Morgan fingerprint density at radius 2 is 1.95 bits per heavy atom. The zero-order chi connectivity index (χ0) is 13.5. The number of hydrogen-bond donors (Lipinski definition) is 1. The first-order chi connectivity index (χ1) is 9.33. The van der Waals surface area contributed by atoms with E-state index < -0.39 is 0 Å². The number of hydrogen-bond acceptors (Lipinski definition) is 6. The Labute approximate surface area is 109 Å². The molecule has 6 nitrogen and oxygen atoms in total. The van der Waals surface area contributed by atoms with Crippen LogP contribution in [-0.2, 0) is 0 Å². The van der Waals surface area contributed by atoms with Crippen LogP contribution in [0.1, 0.15) is 0 Å². The predicted octanol–water partition coefficient (Wildman–Crippen LogP) is 1.94. The summed E-state index contributed by atoms with van der Waals surface area (Å²) in [5, 5.41) is 19.3. The Kier molecular flexibility index (Phi) is 3.89. The van der Waals surface area contributed by atoms with Crippen molar-refractivity contribution in [1.82, 2.24) is 9.97 Å². The third-order valence-corrected chi connectivity index (χ3v) is 2.28. The molecule has 0 bridgehead atoms. The maximum atomic E-state index is 8.52. The van der Waals surface area contributed by atoms with E-state index in [0.29, 0.717) is 11.4 Å². The van der Waals surface area contributed by atoms with Crippen LogP contribution < -0.4 is 10.1 Å². The van der Waals surface area contributed by atoms with E-state index in [1.165, 1.54) is 0 Å². The van der Waals surface area contributed by atoms with Crippen molar-refractivity contribution >= 4 is 5.95 Å². The lowest BCUT2D eigenvalue weighted by Gasteiger charge is -2.04. The molecule has 19 heavy (non-hydrogen) atoms. The monoisotopic (exact) mass is 251 g/mol. The minimum atomic E-state index is 0.0170. The second-order valence-corrected chi connectivity index (χ2v) is 3.47. The number of nitrogens with one attached hydrogen (secondary N) is 1. The molecule has 1 aromatic heterocycles. The lowest BCUT2D eigenvalue weighted by molar-refractivity contribution is 0.368. The molecule has 92 valence electrons. The first-order valence-electron chi connectivity index (χ1n) is 5.42. The fourth-order valence-corrected chi connectivity index (χ4v) is 1.47.